The van der Waals surface area contributed by atoms with Crippen LogP contribution in [-0.4, -0.2) is 15.0 Å². The summed E-state index contributed by atoms with van der Waals surface area (Å²) < 4.78 is 0. The van der Waals surface area contributed by atoms with Crippen LogP contribution in [0.2, 0.25) is 0 Å². The van der Waals surface area contributed by atoms with Crippen molar-refractivity contribution in [2.45, 2.75) is 26.2 Å². The molecule has 7 heteroatoms. The van der Waals surface area contributed by atoms with Crippen molar-refractivity contribution in [1.29, 1.82) is 0 Å². The minimum Gasteiger partial charge on any atom is -0.502 e. The SMILES string of the molecule is CCC(C)c1c([N+](=O)[O-])ccc([N+](=O)[O-])c1O. The molecule has 1 rings (SSSR count). The number of phenols is 1. The lowest BCUT2D eigenvalue weighted by Crippen LogP contribution is -2.02. The zero-order valence-electron chi connectivity index (χ0n) is 9.41. The number of benzene rings is 1. The normalized spacial score (nSPS) is 12.1. The van der Waals surface area contributed by atoms with Crippen molar-refractivity contribution >= 4 is 11.4 Å². The van der Waals surface area contributed by atoms with Crippen LogP contribution in [0.4, 0.5) is 11.4 Å². The van der Waals surface area contributed by atoms with E-state index in [1.165, 1.54) is 0 Å². The van der Waals surface area contributed by atoms with Gasteiger partial charge in [0.1, 0.15) is 0 Å². The summed E-state index contributed by atoms with van der Waals surface area (Å²) in [6.45, 7) is 3.46. The molecule has 7 nitrogen and oxygen atoms in total. The second kappa shape index (κ2) is 4.77. The van der Waals surface area contributed by atoms with Crippen LogP contribution in [0.5, 0.6) is 5.75 Å². The zero-order valence-corrected chi connectivity index (χ0v) is 9.41. The Balaban J connectivity index is 3.52. The van der Waals surface area contributed by atoms with E-state index in [4.69, 9.17) is 0 Å². The van der Waals surface area contributed by atoms with Crippen molar-refractivity contribution in [3.63, 3.8) is 0 Å². The number of phenolic OH excluding ortho intramolecular Hbond substituents is 1. The lowest BCUT2D eigenvalue weighted by molar-refractivity contribution is -0.390. The molecule has 0 aliphatic heterocycles. The van der Waals surface area contributed by atoms with Gasteiger partial charge in [-0.25, -0.2) is 0 Å². The summed E-state index contributed by atoms with van der Waals surface area (Å²) in [4.78, 5) is 20.0. The van der Waals surface area contributed by atoms with Crippen LogP contribution in [0.3, 0.4) is 0 Å². The van der Waals surface area contributed by atoms with E-state index in [0.29, 0.717) is 6.42 Å². The van der Waals surface area contributed by atoms with Crippen molar-refractivity contribution in [3.8, 4) is 5.75 Å². The zero-order chi connectivity index (χ0) is 13.2. The molecule has 0 amide bonds. The number of nitro benzene ring substituents is 2. The minimum atomic E-state index is -0.759. The van der Waals surface area contributed by atoms with E-state index in [0.717, 1.165) is 12.1 Å². The highest BCUT2D eigenvalue weighted by molar-refractivity contribution is 5.61. The van der Waals surface area contributed by atoms with E-state index in [2.05, 4.69) is 0 Å². The summed E-state index contributed by atoms with van der Waals surface area (Å²) >= 11 is 0. The molecule has 0 bridgehead atoms. The average molecular weight is 240 g/mol. The fourth-order valence-electron chi connectivity index (χ4n) is 1.58. The number of rotatable bonds is 4. The molecule has 0 heterocycles. The Hall–Kier alpha value is -2.18. The smallest absolute Gasteiger partial charge is 0.311 e. The van der Waals surface area contributed by atoms with E-state index < -0.39 is 21.3 Å². The van der Waals surface area contributed by atoms with Gasteiger partial charge in [-0.15, -0.1) is 0 Å². The van der Waals surface area contributed by atoms with Gasteiger partial charge < -0.3 is 5.11 Å². The molecule has 1 atom stereocenters. The maximum absolute atomic E-state index is 10.8. The van der Waals surface area contributed by atoms with Gasteiger partial charge in [0.25, 0.3) is 5.69 Å². The molecule has 0 aliphatic carbocycles. The maximum Gasteiger partial charge on any atom is 0.311 e. The van der Waals surface area contributed by atoms with Gasteiger partial charge in [0, 0.05) is 12.1 Å². The summed E-state index contributed by atoms with van der Waals surface area (Å²) in [5.74, 6) is -0.936. The molecule has 0 aromatic heterocycles. The van der Waals surface area contributed by atoms with Crippen LogP contribution in [0.25, 0.3) is 0 Å². The van der Waals surface area contributed by atoms with Gasteiger partial charge in [0.05, 0.1) is 15.4 Å². The Bertz CT molecular complexity index is 472. The van der Waals surface area contributed by atoms with Crippen molar-refractivity contribution in [2.75, 3.05) is 0 Å². The maximum atomic E-state index is 10.8. The fourth-order valence-corrected chi connectivity index (χ4v) is 1.58. The van der Waals surface area contributed by atoms with Crippen molar-refractivity contribution < 1.29 is 15.0 Å². The molecule has 1 aromatic carbocycles. The number of aromatic hydroxyl groups is 1. The van der Waals surface area contributed by atoms with Crippen LogP contribution in [0.1, 0.15) is 31.7 Å². The van der Waals surface area contributed by atoms with Gasteiger partial charge in [0.15, 0.2) is 0 Å². The Labute approximate surface area is 97.0 Å². The molecule has 1 unspecified atom stereocenters. The topological polar surface area (TPSA) is 107 Å². The molecule has 0 saturated carbocycles. The Kier molecular flexibility index (Phi) is 3.62. The highest BCUT2D eigenvalue weighted by atomic mass is 16.6. The van der Waals surface area contributed by atoms with E-state index in [1.54, 1.807) is 13.8 Å². The van der Waals surface area contributed by atoms with E-state index >= 15 is 0 Å². The molecular weight excluding hydrogens is 228 g/mol. The first kappa shape index (κ1) is 12.9. The average Bonchev–Trinajstić information content (AvgIpc) is 2.26. The van der Waals surface area contributed by atoms with Crippen LogP contribution >= 0.6 is 0 Å². The molecular formula is C10H12N2O5. The second-order valence-corrected chi connectivity index (χ2v) is 3.69. The fraction of sp³-hybridized carbons (Fsp3) is 0.400. The minimum absolute atomic E-state index is 0.0201. The van der Waals surface area contributed by atoms with Crippen LogP contribution in [-0.2, 0) is 0 Å². The highest BCUT2D eigenvalue weighted by Crippen LogP contribution is 2.41. The lowest BCUT2D eigenvalue weighted by atomic mass is 9.95. The molecule has 0 saturated heterocycles. The molecule has 17 heavy (non-hydrogen) atoms. The predicted molar refractivity (Wildman–Crippen MR) is 60.1 cm³/mol. The summed E-state index contributed by atoms with van der Waals surface area (Å²) in [5, 5.41) is 31.2. The van der Waals surface area contributed by atoms with Crippen molar-refractivity contribution in [2.24, 2.45) is 0 Å². The van der Waals surface area contributed by atoms with E-state index in [-0.39, 0.29) is 17.2 Å². The third-order valence-electron chi connectivity index (χ3n) is 2.67. The van der Waals surface area contributed by atoms with Gasteiger partial charge in [-0.1, -0.05) is 13.8 Å². The molecule has 1 aromatic rings. The third kappa shape index (κ3) is 2.32. The standard InChI is InChI=1S/C10H12N2O5/c1-3-6(2)9-7(11(14)15)4-5-8(10(9)13)12(16)17/h4-6,13H,3H2,1-2H3. The second-order valence-electron chi connectivity index (χ2n) is 3.69. The first-order chi connectivity index (χ1) is 7.90. The van der Waals surface area contributed by atoms with Gasteiger partial charge in [-0.3, -0.25) is 20.2 Å². The predicted octanol–water partition coefficient (Wildman–Crippen LogP) is 2.72. The van der Waals surface area contributed by atoms with E-state index in [9.17, 15) is 25.3 Å². The number of hydrogen-bond acceptors (Lipinski definition) is 5. The summed E-state index contributed by atoms with van der Waals surface area (Å²) in [6, 6.07) is 2.00. The van der Waals surface area contributed by atoms with Gasteiger partial charge in [-0.2, -0.15) is 0 Å². The highest BCUT2D eigenvalue weighted by Gasteiger charge is 2.28. The van der Waals surface area contributed by atoms with Gasteiger partial charge in [0.2, 0.25) is 5.75 Å². The Morgan fingerprint density at radius 1 is 1.24 bits per heavy atom. The molecule has 0 radical (unpaired) electrons. The van der Waals surface area contributed by atoms with Crippen LogP contribution in [0.15, 0.2) is 12.1 Å². The van der Waals surface area contributed by atoms with E-state index in [1.807, 2.05) is 0 Å². The number of nitrogens with zero attached hydrogens (tertiary/aromatic N) is 2. The quantitative estimate of drug-likeness (QED) is 0.643. The molecule has 1 N–H and O–H groups in total. The first-order valence-corrected chi connectivity index (χ1v) is 5.04. The first-order valence-electron chi connectivity index (χ1n) is 5.04. The third-order valence-corrected chi connectivity index (χ3v) is 2.67. The Morgan fingerprint density at radius 3 is 2.12 bits per heavy atom. The van der Waals surface area contributed by atoms with Gasteiger partial charge >= 0.3 is 5.69 Å². The van der Waals surface area contributed by atoms with Crippen LogP contribution in [0, 0.1) is 20.2 Å². The molecule has 0 aliphatic rings. The summed E-state index contributed by atoms with van der Waals surface area (Å²) in [6.07, 6.45) is 0.537. The van der Waals surface area contributed by atoms with Crippen molar-refractivity contribution in [3.05, 3.63) is 37.9 Å². The Morgan fingerprint density at radius 2 is 1.71 bits per heavy atom. The number of nitro groups is 2. The lowest BCUT2D eigenvalue weighted by Gasteiger charge is -2.11. The molecule has 0 fully saturated rings. The van der Waals surface area contributed by atoms with Crippen molar-refractivity contribution in [1.82, 2.24) is 0 Å². The summed E-state index contributed by atoms with van der Waals surface area (Å²) in [5.41, 5.74) is -0.778. The molecule has 0 spiro atoms. The summed E-state index contributed by atoms with van der Waals surface area (Å²) in [7, 11) is 0. The largest absolute Gasteiger partial charge is 0.502 e. The molecule has 92 valence electrons. The number of hydrogen-bond donors (Lipinski definition) is 1. The van der Waals surface area contributed by atoms with Gasteiger partial charge in [-0.05, 0) is 12.3 Å². The van der Waals surface area contributed by atoms with Crippen LogP contribution < -0.4 is 0 Å². The monoisotopic (exact) mass is 240 g/mol.